The summed E-state index contributed by atoms with van der Waals surface area (Å²) in [6, 6.07) is 8.33. The predicted octanol–water partition coefficient (Wildman–Crippen LogP) is 1.86. The molecule has 1 saturated heterocycles. The van der Waals surface area contributed by atoms with E-state index in [1.165, 1.54) is 10.0 Å². The molecule has 1 aromatic carbocycles. The zero-order valence-electron chi connectivity index (χ0n) is 10.2. The maximum Gasteiger partial charge on any atom is 0.0569 e. The maximum atomic E-state index is 5.82. The number of nitrogens with two attached hydrogens (primary N) is 1. The fraction of sp³-hybridized carbons (Fsp3) is 0.538. The van der Waals surface area contributed by atoms with Crippen molar-refractivity contribution in [3.8, 4) is 0 Å². The Labute approximate surface area is 111 Å². The second-order valence-electron chi connectivity index (χ2n) is 4.96. The lowest BCUT2D eigenvalue weighted by Crippen LogP contribution is -2.54. The van der Waals surface area contributed by atoms with E-state index in [2.05, 4.69) is 46.1 Å². The first-order valence-corrected chi connectivity index (χ1v) is 6.64. The number of hydrogen-bond acceptors (Lipinski definition) is 3. The minimum atomic E-state index is 0.177. The number of hydrogen-bond donors (Lipinski definition) is 1. The van der Waals surface area contributed by atoms with Crippen molar-refractivity contribution >= 4 is 15.9 Å². The van der Waals surface area contributed by atoms with Gasteiger partial charge in [0.15, 0.2) is 0 Å². The Morgan fingerprint density at radius 3 is 2.65 bits per heavy atom. The first kappa shape index (κ1) is 13.0. The van der Waals surface area contributed by atoms with E-state index in [4.69, 9.17) is 10.5 Å². The van der Waals surface area contributed by atoms with Gasteiger partial charge in [-0.3, -0.25) is 0 Å². The van der Waals surface area contributed by atoms with Gasteiger partial charge in [0.05, 0.1) is 13.2 Å². The van der Waals surface area contributed by atoms with Crippen LogP contribution in [0.2, 0.25) is 0 Å². The summed E-state index contributed by atoms with van der Waals surface area (Å²) in [5.74, 6) is 0. The van der Waals surface area contributed by atoms with Crippen LogP contribution in [0.5, 0.6) is 0 Å². The molecule has 1 aliphatic rings. The monoisotopic (exact) mass is 298 g/mol. The average molecular weight is 299 g/mol. The van der Waals surface area contributed by atoms with Crippen molar-refractivity contribution in [2.75, 3.05) is 33.4 Å². The van der Waals surface area contributed by atoms with E-state index >= 15 is 0 Å². The Hall–Kier alpha value is -0.420. The lowest BCUT2D eigenvalue weighted by Gasteiger charge is -2.43. The summed E-state index contributed by atoms with van der Waals surface area (Å²) in [4.78, 5) is 2.31. The highest BCUT2D eigenvalue weighted by Gasteiger charge is 2.38. The van der Waals surface area contributed by atoms with Crippen LogP contribution in [-0.2, 0) is 11.3 Å². The molecule has 17 heavy (non-hydrogen) atoms. The van der Waals surface area contributed by atoms with E-state index in [1.807, 2.05) is 6.07 Å². The molecule has 0 radical (unpaired) electrons. The average Bonchev–Trinajstić information content (AvgIpc) is 2.27. The predicted molar refractivity (Wildman–Crippen MR) is 72.8 cm³/mol. The first-order chi connectivity index (χ1) is 8.15. The van der Waals surface area contributed by atoms with Crippen LogP contribution in [0.3, 0.4) is 0 Å². The SMILES string of the molecule is CN(Cc1ccccc1Br)CC1(CN)COC1. The maximum absolute atomic E-state index is 5.82. The third kappa shape index (κ3) is 3.07. The highest BCUT2D eigenvalue weighted by atomic mass is 79.9. The van der Waals surface area contributed by atoms with Gasteiger partial charge in [-0.2, -0.15) is 0 Å². The number of nitrogens with zero attached hydrogens (tertiary/aromatic N) is 1. The zero-order chi connectivity index (χ0) is 12.3. The molecule has 0 amide bonds. The molecule has 0 saturated carbocycles. The molecule has 3 nitrogen and oxygen atoms in total. The Kier molecular flexibility index (Phi) is 4.20. The van der Waals surface area contributed by atoms with Gasteiger partial charge in [-0.1, -0.05) is 34.1 Å². The largest absolute Gasteiger partial charge is 0.380 e. The van der Waals surface area contributed by atoms with Crippen molar-refractivity contribution in [3.63, 3.8) is 0 Å². The van der Waals surface area contributed by atoms with E-state index in [9.17, 15) is 0 Å². The van der Waals surface area contributed by atoms with E-state index in [0.29, 0.717) is 6.54 Å². The Balaban J connectivity index is 1.93. The number of benzene rings is 1. The molecule has 1 heterocycles. The molecule has 0 bridgehead atoms. The van der Waals surface area contributed by atoms with Crippen molar-refractivity contribution in [1.29, 1.82) is 0 Å². The van der Waals surface area contributed by atoms with E-state index in [1.54, 1.807) is 0 Å². The molecule has 0 aromatic heterocycles. The molecule has 2 N–H and O–H groups in total. The fourth-order valence-electron chi connectivity index (χ4n) is 2.21. The van der Waals surface area contributed by atoms with E-state index in [0.717, 1.165) is 26.3 Å². The number of halogens is 1. The molecule has 1 aliphatic heterocycles. The van der Waals surface area contributed by atoms with Crippen LogP contribution >= 0.6 is 15.9 Å². The van der Waals surface area contributed by atoms with Crippen molar-refractivity contribution in [2.45, 2.75) is 6.54 Å². The highest BCUT2D eigenvalue weighted by molar-refractivity contribution is 9.10. The molecule has 1 fully saturated rings. The van der Waals surface area contributed by atoms with Gasteiger partial charge in [0, 0.05) is 29.5 Å². The topological polar surface area (TPSA) is 38.5 Å². The van der Waals surface area contributed by atoms with Gasteiger partial charge >= 0.3 is 0 Å². The van der Waals surface area contributed by atoms with Gasteiger partial charge in [0.2, 0.25) is 0 Å². The van der Waals surface area contributed by atoms with Crippen LogP contribution in [-0.4, -0.2) is 38.3 Å². The van der Waals surface area contributed by atoms with Crippen molar-refractivity contribution in [3.05, 3.63) is 34.3 Å². The molecule has 0 aliphatic carbocycles. The van der Waals surface area contributed by atoms with Crippen LogP contribution in [0.4, 0.5) is 0 Å². The minimum absolute atomic E-state index is 0.177. The lowest BCUT2D eigenvalue weighted by atomic mass is 9.85. The van der Waals surface area contributed by atoms with Gasteiger partial charge in [-0.25, -0.2) is 0 Å². The van der Waals surface area contributed by atoms with Gasteiger partial charge < -0.3 is 15.4 Å². The Morgan fingerprint density at radius 1 is 1.41 bits per heavy atom. The van der Waals surface area contributed by atoms with Crippen molar-refractivity contribution in [1.82, 2.24) is 4.90 Å². The van der Waals surface area contributed by atoms with Crippen LogP contribution in [0.15, 0.2) is 28.7 Å². The van der Waals surface area contributed by atoms with Gasteiger partial charge in [-0.15, -0.1) is 0 Å². The second kappa shape index (κ2) is 5.48. The molecule has 4 heteroatoms. The van der Waals surface area contributed by atoms with Crippen molar-refractivity contribution in [2.24, 2.45) is 11.1 Å². The fourth-order valence-corrected chi connectivity index (χ4v) is 2.62. The highest BCUT2D eigenvalue weighted by Crippen LogP contribution is 2.27. The molecule has 0 unspecified atom stereocenters. The summed E-state index contributed by atoms with van der Waals surface area (Å²) < 4.78 is 6.45. The quantitative estimate of drug-likeness (QED) is 0.902. The lowest BCUT2D eigenvalue weighted by molar-refractivity contribution is -0.118. The van der Waals surface area contributed by atoms with Crippen LogP contribution in [0.25, 0.3) is 0 Å². The molecule has 1 aromatic rings. The van der Waals surface area contributed by atoms with Crippen LogP contribution in [0, 0.1) is 5.41 Å². The Morgan fingerprint density at radius 2 is 2.12 bits per heavy atom. The van der Waals surface area contributed by atoms with E-state index in [-0.39, 0.29) is 5.41 Å². The summed E-state index contributed by atoms with van der Waals surface area (Å²) in [5, 5.41) is 0. The summed E-state index contributed by atoms with van der Waals surface area (Å²) in [6.45, 7) is 4.22. The molecule has 0 spiro atoms. The van der Waals surface area contributed by atoms with Gasteiger partial charge in [0.1, 0.15) is 0 Å². The van der Waals surface area contributed by atoms with E-state index < -0.39 is 0 Å². The second-order valence-corrected chi connectivity index (χ2v) is 5.81. The van der Waals surface area contributed by atoms with Crippen LogP contribution in [0.1, 0.15) is 5.56 Å². The summed E-state index contributed by atoms with van der Waals surface area (Å²) in [5.41, 5.74) is 7.31. The first-order valence-electron chi connectivity index (χ1n) is 5.85. The van der Waals surface area contributed by atoms with Crippen LogP contribution < -0.4 is 5.73 Å². The summed E-state index contributed by atoms with van der Waals surface area (Å²) in [7, 11) is 2.13. The number of ether oxygens (including phenoxy) is 1. The standard InChI is InChI=1S/C13H19BrN2O/c1-16(8-13(7-15)9-17-10-13)6-11-4-2-3-5-12(11)14/h2-5H,6-10,15H2,1H3. The normalized spacial score (nSPS) is 18.1. The zero-order valence-corrected chi connectivity index (χ0v) is 11.7. The van der Waals surface area contributed by atoms with Crippen molar-refractivity contribution < 1.29 is 4.74 Å². The molecular formula is C13H19BrN2O. The molecular weight excluding hydrogens is 280 g/mol. The van der Waals surface area contributed by atoms with Gasteiger partial charge in [0.25, 0.3) is 0 Å². The summed E-state index contributed by atoms with van der Waals surface area (Å²) >= 11 is 3.58. The number of rotatable bonds is 5. The minimum Gasteiger partial charge on any atom is -0.380 e. The third-order valence-corrected chi connectivity index (χ3v) is 4.03. The smallest absolute Gasteiger partial charge is 0.0569 e. The molecule has 94 valence electrons. The Bertz CT molecular complexity index is 374. The van der Waals surface area contributed by atoms with Gasteiger partial charge in [-0.05, 0) is 18.7 Å². The third-order valence-electron chi connectivity index (χ3n) is 3.25. The summed E-state index contributed by atoms with van der Waals surface area (Å²) in [6.07, 6.45) is 0. The molecule has 2 rings (SSSR count). The molecule has 0 atom stereocenters.